The van der Waals surface area contributed by atoms with Crippen LogP contribution in [0, 0.1) is 30.2 Å². The molecule has 3 aromatic carbocycles. The summed E-state index contributed by atoms with van der Waals surface area (Å²) in [6.45, 7) is 24.1. The molecule has 0 atom stereocenters. The Balaban J connectivity index is 0.000000347. The third kappa shape index (κ3) is 9.77. The van der Waals surface area contributed by atoms with Crippen molar-refractivity contribution in [2.24, 2.45) is 17.3 Å². The van der Waals surface area contributed by atoms with Gasteiger partial charge in [-0.15, -0.1) is 28.8 Å². The molecule has 0 aliphatic rings. The number of ketones is 1. The van der Waals surface area contributed by atoms with Crippen LogP contribution in [0.4, 0.5) is 0 Å². The SMILES string of the molecule is CCC(CC)C(=O)/C=C(\O)C(CC)CC.Cc1ccc2c([Si](C)(C)C)cc(-c3ncnc4c3oc3cc(CC(C)(C)C)ccc34)[c-]c2c1.[Ir]. The molecule has 0 bridgehead atoms. The molecule has 5 rings (SSSR count). The van der Waals surface area contributed by atoms with E-state index < -0.39 is 8.07 Å². The van der Waals surface area contributed by atoms with E-state index in [-0.39, 0.29) is 48.9 Å². The van der Waals surface area contributed by atoms with Crippen LogP contribution in [0.1, 0.15) is 85.3 Å². The molecule has 0 amide bonds. The smallest absolute Gasteiger partial charge is 0.162 e. The summed E-state index contributed by atoms with van der Waals surface area (Å²) >= 11 is 0. The fourth-order valence-electron chi connectivity index (χ4n) is 6.46. The van der Waals surface area contributed by atoms with Crippen molar-refractivity contribution < 1.29 is 34.4 Å². The van der Waals surface area contributed by atoms with Crippen molar-refractivity contribution in [2.75, 3.05) is 0 Å². The number of aryl methyl sites for hydroxylation is 1. The molecular formula is C42H55IrN2O3Si-. The first-order valence-electron chi connectivity index (χ1n) is 17.7. The first-order chi connectivity index (χ1) is 22.6. The van der Waals surface area contributed by atoms with Gasteiger partial charge >= 0.3 is 0 Å². The van der Waals surface area contributed by atoms with Crippen LogP contribution in [0.3, 0.4) is 0 Å². The van der Waals surface area contributed by atoms with Crippen molar-refractivity contribution >= 4 is 51.9 Å². The van der Waals surface area contributed by atoms with Gasteiger partial charge in [0, 0.05) is 43.4 Å². The van der Waals surface area contributed by atoms with Crippen molar-refractivity contribution in [2.45, 2.75) is 107 Å². The molecule has 0 aliphatic carbocycles. The van der Waals surface area contributed by atoms with Gasteiger partial charge in [0.2, 0.25) is 0 Å². The fraction of sp³-hybridized carbons (Fsp3) is 0.452. The van der Waals surface area contributed by atoms with Crippen molar-refractivity contribution in [1.29, 1.82) is 0 Å². The number of hydrogen-bond donors (Lipinski definition) is 1. The maximum Gasteiger partial charge on any atom is 0.162 e. The number of carbonyl (C=O) groups is 1. The topological polar surface area (TPSA) is 76.2 Å². The van der Waals surface area contributed by atoms with E-state index in [4.69, 9.17) is 4.42 Å². The molecule has 0 unspecified atom stereocenters. The van der Waals surface area contributed by atoms with E-state index >= 15 is 0 Å². The number of allylic oxidation sites excluding steroid dienone is 2. The standard InChI is InChI=1S/C29H31N2OSi.C13H24O2.Ir/c1-18-8-10-22-20(12-18)14-21(15-25(22)33(5,6)7)26-28-27(31-17-30-26)23-11-9-19(13-24(23)32-28)16-29(2,3)4;1-5-10(6-2)12(14)9-13(15)11(7-3)8-4;/h8-13,15,17H,16H2,1-7H3;9-11,14H,5-8H2,1-4H3;/q-1;;/b;12-9-;. The second-order valence-electron chi connectivity index (χ2n) is 15.5. The van der Waals surface area contributed by atoms with Gasteiger partial charge in [0.25, 0.3) is 0 Å². The van der Waals surface area contributed by atoms with E-state index in [1.165, 1.54) is 27.8 Å². The molecule has 2 aromatic heterocycles. The molecule has 1 N–H and O–H groups in total. The largest absolute Gasteiger partial charge is 0.512 e. The summed E-state index contributed by atoms with van der Waals surface area (Å²) in [6, 6.07) is 19.1. The summed E-state index contributed by atoms with van der Waals surface area (Å²) in [5.41, 5.74) is 7.00. The zero-order chi connectivity index (χ0) is 35.4. The van der Waals surface area contributed by atoms with Crippen LogP contribution < -0.4 is 5.19 Å². The van der Waals surface area contributed by atoms with Gasteiger partial charge in [-0.2, -0.15) is 0 Å². The van der Waals surface area contributed by atoms with Crippen LogP contribution >= 0.6 is 0 Å². The quantitative estimate of drug-likeness (QED) is 0.0655. The second kappa shape index (κ2) is 16.7. The third-order valence-corrected chi connectivity index (χ3v) is 11.2. The van der Waals surface area contributed by atoms with Crippen LogP contribution in [0.25, 0.3) is 44.1 Å². The van der Waals surface area contributed by atoms with Crippen molar-refractivity contribution in [1.82, 2.24) is 9.97 Å². The Labute approximate surface area is 308 Å². The number of aliphatic hydroxyl groups excluding tert-OH is 1. The fourth-order valence-corrected chi connectivity index (χ4v) is 8.06. The van der Waals surface area contributed by atoms with Crippen LogP contribution in [-0.4, -0.2) is 28.9 Å². The van der Waals surface area contributed by atoms with Gasteiger partial charge < -0.3 is 9.52 Å². The third-order valence-electron chi connectivity index (χ3n) is 9.22. The van der Waals surface area contributed by atoms with Gasteiger partial charge in [-0.1, -0.05) is 103 Å². The van der Waals surface area contributed by atoms with Crippen molar-refractivity contribution in [3.05, 3.63) is 77.8 Å². The predicted octanol–water partition coefficient (Wildman–Crippen LogP) is 11.3. The number of benzene rings is 3. The molecule has 2 heterocycles. The number of aliphatic hydroxyl groups is 1. The van der Waals surface area contributed by atoms with Gasteiger partial charge in [-0.05, 0) is 62.1 Å². The Hall–Kier alpha value is -3.12. The summed E-state index contributed by atoms with van der Waals surface area (Å²) in [7, 11) is -1.60. The molecule has 0 saturated heterocycles. The van der Waals surface area contributed by atoms with Gasteiger partial charge in [-0.25, -0.2) is 4.98 Å². The van der Waals surface area contributed by atoms with Crippen LogP contribution in [0.15, 0.2) is 65.0 Å². The zero-order valence-corrected chi connectivity index (χ0v) is 34.8. The van der Waals surface area contributed by atoms with Gasteiger partial charge in [-0.3, -0.25) is 9.78 Å². The van der Waals surface area contributed by atoms with E-state index in [1.807, 2.05) is 27.7 Å². The van der Waals surface area contributed by atoms with Crippen molar-refractivity contribution in [3.63, 3.8) is 0 Å². The molecular weight excluding hydrogens is 801 g/mol. The van der Waals surface area contributed by atoms with Gasteiger partial charge in [0.05, 0.1) is 19.5 Å². The summed E-state index contributed by atoms with van der Waals surface area (Å²) in [5, 5.41) is 14.6. The number of hydrogen-bond acceptors (Lipinski definition) is 5. The number of carbonyl (C=O) groups excluding carboxylic acids is 1. The molecule has 49 heavy (non-hydrogen) atoms. The molecule has 265 valence electrons. The predicted molar refractivity (Wildman–Crippen MR) is 206 cm³/mol. The number of fused-ring (bicyclic) bond motifs is 4. The Bertz CT molecular complexity index is 1920. The Morgan fingerprint density at radius 1 is 0.918 bits per heavy atom. The van der Waals surface area contributed by atoms with Gasteiger partial charge in [0.1, 0.15) is 23.0 Å². The van der Waals surface area contributed by atoms with Crippen LogP contribution in [-0.2, 0) is 31.3 Å². The van der Waals surface area contributed by atoms with E-state index in [9.17, 15) is 9.90 Å². The molecule has 0 aliphatic heterocycles. The maximum absolute atomic E-state index is 11.7. The Morgan fingerprint density at radius 3 is 2.14 bits per heavy atom. The number of aromatic nitrogens is 2. The minimum atomic E-state index is -1.60. The summed E-state index contributed by atoms with van der Waals surface area (Å²) < 4.78 is 6.42. The average molecular weight is 856 g/mol. The monoisotopic (exact) mass is 856 g/mol. The Kier molecular flexibility index (Phi) is 13.8. The first kappa shape index (κ1) is 40.3. The first-order valence-corrected chi connectivity index (χ1v) is 21.2. The molecule has 5 aromatic rings. The average Bonchev–Trinajstić information content (AvgIpc) is 3.38. The summed E-state index contributed by atoms with van der Waals surface area (Å²) in [5.74, 6) is 0.547. The molecule has 5 nitrogen and oxygen atoms in total. The van der Waals surface area contributed by atoms with E-state index in [2.05, 4.69) is 106 Å². The molecule has 7 heteroatoms. The summed E-state index contributed by atoms with van der Waals surface area (Å²) in [6.07, 6.45) is 7.55. The molecule has 0 saturated carbocycles. The molecule has 0 spiro atoms. The Morgan fingerprint density at radius 2 is 1.55 bits per heavy atom. The minimum Gasteiger partial charge on any atom is -0.512 e. The van der Waals surface area contributed by atoms with E-state index in [0.29, 0.717) is 0 Å². The van der Waals surface area contributed by atoms with Gasteiger partial charge in [0.15, 0.2) is 5.78 Å². The van der Waals surface area contributed by atoms with E-state index in [0.717, 1.165) is 70.8 Å². The minimum absolute atomic E-state index is 0. The molecule has 1 radical (unpaired) electrons. The molecule has 0 fully saturated rings. The zero-order valence-electron chi connectivity index (χ0n) is 31.4. The van der Waals surface area contributed by atoms with Crippen molar-refractivity contribution in [3.8, 4) is 11.3 Å². The van der Waals surface area contributed by atoms with Crippen LogP contribution in [0.2, 0.25) is 19.6 Å². The number of furan rings is 1. The van der Waals surface area contributed by atoms with Crippen LogP contribution in [0.5, 0.6) is 0 Å². The number of nitrogens with zero attached hydrogens (tertiary/aromatic N) is 2. The number of rotatable bonds is 10. The normalized spacial score (nSPS) is 12.5. The van der Waals surface area contributed by atoms with E-state index in [1.54, 1.807) is 6.33 Å². The maximum atomic E-state index is 11.7. The summed E-state index contributed by atoms with van der Waals surface area (Å²) in [4.78, 5) is 21.0. The second-order valence-corrected chi connectivity index (χ2v) is 20.5.